The Labute approximate surface area is 299 Å². The summed E-state index contributed by atoms with van der Waals surface area (Å²) < 4.78 is 0. The number of aromatic hydroxyl groups is 2. The molecule has 48 heavy (non-hydrogen) atoms. The number of hydrogen-bond acceptors (Lipinski definition) is 8. The van der Waals surface area contributed by atoms with Gasteiger partial charge in [0.05, 0.1) is 12.1 Å². The van der Waals surface area contributed by atoms with Crippen LogP contribution < -0.4 is 10.2 Å². The molecule has 1 aliphatic rings. The third-order valence-corrected chi connectivity index (χ3v) is 7.35. The van der Waals surface area contributed by atoms with Gasteiger partial charge in [0.25, 0.3) is 0 Å². The molecule has 269 valence electrons. The maximum absolute atomic E-state index is 11.0. The van der Waals surface area contributed by atoms with Crippen molar-refractivity contribution >= 4 is 24.4 Å². The maximum Gasteiger partial charge on any atom is 2.00 e. The van der Waals surface area contributed by atoms with Crippen molar-refractivity contribution in [2.45, 2.75) is 126 Å². The molecule has 2 N–H and O–H groups in total. The van der Waals surface area contributed by atoms with Crippen LogP contribution in [-0.2, 0) is 52.1 Å². The molecule has 0 amide bonds. The fraction of sp³-hybridized carbons (Fsp3) is 0.590. The van der Waals surface area contributed by atoms with Crippen molar-refractivity contribution in [1.82, 2.24) is 0 Å². The van der Waals surface area contributed by atoms with Crippen LogP contribution in [0.4, 0.5) is 0 Å². The summed E-state index contributed by atoms with van der Waals surface area (Å²) in [7, 11) is 0. The van der Waals surface area contributed by atoms with Gasteiger partial charge < -0.3 is 30.0 Å². The van der Waals surface area contributed by atoms with Crippen LogP contribution in [0.5, 0.6) is 11.5 Å². The van der Waals surface area contributed by atoms with E-state index in [-0.39, 0.29) is 28.9 Å². The first-order valence-electron chi connectivity index (χ1n) is 17.0. The molecule has 1 saturated carbocycles. The van der Waals surface area contributed by atoms with E-state index in [1.165, 1.54) is 11.1 Å². The molecular weight excluding hydrogens is 651 g/mol. The monoisotopic (exact) mass is 709 g/mol. The van der Waals surface area contributed by atoms with Crippen molar-refractivity contribution in [3.05, 3.63) is 57.6 Å². The van der Waals surface area contributed by atoms with Gasteiger partial charge in [0.1, 0.15) is 11.5 Å². The third-order valence-electron chi connectivity index (χ3n) is 7.35. The van der Waals surface area contributed by atoms with Gasteiger partial charge in [-0.05, 0) is 117 Å². The van der Waals surface area contributed by atoms with Crippen molar-refractivity contribution in [2.75, 3.05) is 0 Å². The van der Waals surface area contributed by atoms with Crippen molar-refractivity contribution in [1.29, 1.82) is 0 Å². The number of phenols is 2. The first-order valence-corrected chi connectivity index (χ1v) is 17.0. The van der Waals surface area contributed by atoms with E-state index in [1.54, 1.807) is 0 Å². The molecule has 3 rings (SSSR count). The van der Waals surface area contributed by atoms with Crippen LogP contribution in [0.15, 0.2) is 34.3 Å². The number of hydrogen-bond donors (Lipinski definition) is 2. The molecule has 2 aromatic carbocycles. The Kier molecular flexibility index (Phi) is 21.0. The number of aliphatic imine (C=N–C) groups is 2. The van der Waals surface area contributed by atoms with E-state index < -0.39 is 11.9 Å². The fourth-order valence-electron chi connectivity index (χ4n) is 5.76. The van der Waals surface area contributed by atoms with E-state index in [4.69, 9.17) is 29.8 Å². The predicted octanol–water partition coefficient (Wildman–Crippen LogP) is 5.86. The molecule has 0 aromatic heterocycles. The fourth-order valence-corrected chi connectivity index (χ4v) is 5.76. The van der Waals surface area contributed by atoms with Gasteiger partial charge in [-0.15, -0.1) is 0 Å². The molecule has 2 unspecified atom stereocenters. The molecular formula is C39H58CoN2O6. The number of phenolic OH excluding ortho intramolecular Hbond substituents is 2. The molecule has 2 atom stereocenters. The molecule has 0 saturated heterocycles. The Hall–Kier alpha value is -3.17. The number of nitrogens with zero attached hydrogens (tertiary/aromatic N) is 2. The maximum atomic E-state index is 11.0. The van der Waals surface area contributed by atoms with Gasteiger partial charge in [0.2, 0.25) is 0 Å². The molecule has 0 heterocycles. The van der Waals surface area contributed by atoms with Gasteiger partial charge in [0.15, 0.2) is 0 Å². The average molecular weight is 710 g/mol. The second-order valence-electron chi connectivity index (χ2n) is 14.4. The second kappa shape index (κ2) is 22.5. The second-order valence-corrected chi connectivity index (χ2v) is 14.4. The van der Waals surface area contributed by atoms with E-state index in [0.29, 0.717) is 35.2 Å². The molecule has 9 heteroatoms. The van der Waals surface area contributed by atoms with Crippen LogP contribution >= 0.6 is 0 Å². The topological polar surface area (TPSA) is 145 Å². The third kappa shape index (κ3) is 17.8. The molecule has 1 radical (unpaired) electrons. The number of benzene rings is 2. The zero-order valence-corrected chi connectivity index (χ0v) is 31.7. The Bertz CT molecular complexity index is 1240. The zero-order chi connectivity index (χ0) is 35.8. The molecule has 0 aliphatic heterocycles. The molecule has 1 fully saturated rings. The normalized spacial score (nSPS) is 15.9. The minimum absolute atomic E-state index is 0. The van der Waals surface area contributed by atoms with E-state index in [0.717, 1.165) is 81.0 Å². The van der Waals surface area contributed by atoms with Crippen LogP contribution in [0.25, 0.3) is 0 Å². The smallest absolute Gasteiger partial charge is 0.550 e. The quantitative estimate of drug-likeness (QED) is 0.264. The number of carboxylic acid groups (broad SMARTS) is 2. The summed E-state index contributed by atoms with van der Waals surface area (Å²) in [6, 6.07) is 8.71. The van der Waals surface area contributed by atoms with Crippen molar-refractivity contribution in [2.24, 2.45) is 33.7 Å². The van der Waals surface area contributed by atoms with Crippen molar-refractivity contribution in [3.63, 3.8) is 0 Å². The van der Waals surface area contributed by atoms with E-state index in [9.17, 15) is 10.2 Å². The number of carboxylic acids is 2. The van der Waals surface area contributed by atoms with Gasteiger partial charge in [-0.1, -0.05) is 67.5 Å². The minimum atomic E-state index is -1.08. The van der Waals surface area contributed by atoms with Crippen LogP contribution in [0.1, 0.15) is 122 Å². The van der Waals surface area contributed by atoms with Crippen LogP contribution in [-0.4, -0.2) is 46.7 Å². The zero-order valence-electron chi connectivity index (χ0n) is 30.6. The summed E-state index contributed by atoms with van der Waals surface area (Å²) in [5.41, 5.74) is 6.18. The van der Waals surface area contributed by atoms with Crippen LogP contribution in [0, 0.1) is 23.7 Å². The average Bonchev–Trinajstić information content (AvgIpc) is 3.36. The number of carbonyl (C=O) groups is 2. The van der Waals surface area contributed by atoms with Gasteiger partial charge in [-0.25, -0.2) is 0 Å². The molecule has 0 bridgehead atoms. The van der Waals surface area contributed by atoms with Crippen molar-refractivity contribution < 1.29 is 46.8 Å². The summed E-state index contributed by atoms with van der Waals surface area (Å²) in [4.78, 5) is 27.7. The molecule has 0 spiro atoms. The molecule has 1 aliphatic carbocycles. The first-order chi connectivity index (χ1) is 21.9. The first kappa shape index (κ1) is 44.8. The Morgan fingerprint density at radius 1 is 0.667 bits per heavy atom. The van der Waals surface area contributed by atoms with E-state index in [1.807, 2.05) is 12.4 Å². The van der Waals surface area contributed by atoms with Crippen LogP contribution in [0.3, 0.4) is 0 Å². The molecule has 2 aromatic rings. The van der Waals surface area contributed by atoms with E-state index in [2.05, 4.69) is 79.7 Å². The van der Waals surface area contributed by atoms with Crippen molar-refractivity contribution in [3.8, 4) is 11.5 Å². The van der Waals surface area contributed by atoms with Gasteiger partial charge >= 0.3 is 16.8 Å². The van der Waals surface area contributed by atoms with Gasteiger partial charge in [0, 0.05) is 35.5 Å². The Morgan fingerprint density at radius 3 is 1.23 bits per heavy atom. The summed E-state index contributed by atoms with van der Waals surface area (Å²) in [5.74, 6) is 0.609. The van der Waals surface area contributed by atoms with E-state index >= 15 is 0 Å². The predicted molar refractivity (Wildman–Crippen MR) is 188 cm³/mol. The summed E-state index contributed by atoms with van der Waals surface area (Å²) in [6.07, 6.45) is 10.5. The summed E-state index contributed by atoms with van der Waals surface area (Å²) in [6.45, 7) is 19.6. The summed E-state index contributed by atoms with van der Waals surface area (Å²) in [5, 5.41) is 39.9. The SMILES string of the molecule is CC(=O)[O-].CC(=O)[O-].CC(C)Cc1cc(C=NC2CCCC2N=Cc2cc(CC(C)C)cc(CC(C)C)c2O)c(O)c(CC(C)C)c1.[Co+2]. The number of rotatable bonds is 12. The number of carbonyl (C=O) groups excluding carboxylic acids is 2. The summed E-state index contributed by atoms with van der Waals surface area (Å²) >= 11 is 0. The Balaban J connectivity index is 0.00000221. The van der Waals surface area contributed by atoms with Gasteiger partial charge in [-0.2, -0.15) is 0 Å². The number of aliphatic carboxylic acids is 2. The largest absolute Gasteiger partial charge is 2.00 e. The van der Waals surface area contributed by atoms with Gasteiger partial charge in [-0.3, -0.25) is 9.98 Å². The molecule has 8 nitrogen and oxygen atoms in total. The Morgan fingerprint density at radius 2 is 0.958 bits per heavy atom. The standard InChI is InChI=1S/C35H52N2O2.2C2H4O2.Co/c1-22(2)12-26-16-28(14-24(5)6)34(38)30(18-26)20-36-32-10-9-11-33(32)37-21-31-19-27(13-23(3)4)17-29(35(31)39)15-25(7)8;2*1-2(3)4;/h16-25,32-33,38-39H,9-15H2,1-8H3;2*1H3,(H,3,4);/q;;;+2/p-2. The minimum Gasteiger partial charge on any atom is -0.550 e. The van der Waals surface area contributed by atoms with Crippen LogP contribution in [0.2, 0.25) is 0 Å².